The maximum Gasteiger partial charge on any atom is 0.257 e. The standard InChI is InChI=1S/C16H15BrN4O/c17-14-1-3-15(4-2-14)21-11-13(10-19-21)16(22)20-7-5-12(9-18)6-8-20/h1-4,10-12H,5-8H2. The highest BCUT2D eigenvalue weighted by molar-refractivity contribution is 9.10. The average molecular weight is 359 g/mol. The fraction of sp³-hybridized carbons (Fsp3) is 0.312. The van der Waals surface area contributed by atoms with Gasteiger partial charge in [0.05, 0.1) is 23.5 Å². The van der Waals surface area contributed by atoms with Crippen molar-refractivity contribution in [3.63, 3.8) is 0 Å². The Morgan fingerprint density at radius 1 is 1.27 bits per heavy atom. The van der Waals surface area contributed by atoms with E-state index >= 15 is 0 Å². The highest BCUT2D eigenvalue weighted by atomic mass is 79.9. The number of hydrogen-bond donors (Lipinski definition) is 0. The van der Waals surface area contributed by atoms with Gasteiger partial charge in [0.25, 0.3) is 5.91 Å². The van der Waals surface area contributed by atoms with E-state index in [4.69, 9.17) is 5.26 Å². The lowest BCUT2D eigenvalue weighted by Crippen LogP contribution is -2.38. The van der Waals surface area contributed by atoms with Crippen LogP contribution in [0.25, 0.3) is 5.69 Å². The fourth-order valence-corrected chi connectivity index (χ4v) is 2.83. The molecule has 2 heterocycles. The summed E-state index contributed by atoms with van der Waals surface area (Å²) >= 11 is 3.40. The predicted molar refractivity (Wildman–Crippen MR) is 85.5 cm³/mol. The summed E-state index contributed by atoms with van der Waals surface area (Å²) in [6.07, 6.45) is 4.86. The van der Waals surface area contributed by atoms with Gasteiger partial charge in [0.2, 0.25) is 0 Å². The molecule has 5 nitrogen and oxygen atoms in total. The van der Waals surface area contributed by atoms with Crippen LogP contribution in [0.5, 0.6) is 0 Å². The fourth-order valence-electron chi connectivity index (χ4n) is 2.56. The molecule has 0 N–H and O–H groups in total. The maximum atomic E-state index is 12.5. The van der Waals surface area contributed by atoms with Crippen molar-refractivity contribution in [2.45, 2.75) is 12.8 Å². The van der Waals surface area contributed by atoms with E-state index < -0.39 is 0 Å². The topological polar surface area (TPSA) is 61.9 Å². The van der Waals surface area contributed by atoms with E-state index in [0.29, 0.717) is 18.7 Å². The first-order valence-corrected chi connectivity index (χ1v) is 7.96. The molecular weight excluding hydrogens is 344 g/mol. The van der Waals surface area contributed by atoms with Gasteiger partial charge in [0, 0.05) is 29.7 Å². The van der Waals surface area contributed by atoms with Crippen LogP contribution in [0.4, 0.5) is 0 Å². The van der Waals surface area contributed by atoms with Crippen LogP contribution in [-0.2, 0) is 0 Å². The molecule has 0 bridgehead atoms. The molecule has 1 aliphatic rings. The van der Waals surface area contributed by atoms with Crippen molar-refractivity contribution in [2.75, 3.05) is 13.1 Å². The molecule has 0 unspecified atom stereocenters. The Balaban J connectivity index is 1.72. The van der Waals surface area contributed by atoms with E-state index in [1.54, 1.807) is 22.0 Å². The van der Waals surface area contributed by atoms with Gasteiger partial charge in [-0.2, -0.15) is 10.4 Å². The summed E-state index contributed by atoms with van der Waals surface area (Å²) in [7, 11) is 0. The number of nitrogens with zero attached hydrogens (tertiary/aromatic N) is 4. The average Bonchev–Trinajstić information content (AvgIpc) is 3.05. The van der Waals surface area contributed by atoms with E-state index in [0.717, 1.165) is 23.0 Å². The van der Waals surface area contributed by atoms with Crippen molar-refractivity contribution in [1.82, 2.24) is 14.7 Å². The van der Waals surface area contributed by atoms with Gasteiger partial charge in [-0.3, -0.25) is 4.79 Å². The maximum absolute atomic E-state index is 12.5. The lowest BCUT2D eigenvalue weighted by molar-refractivity contribution is 0.0707. The number of benzene rings is 1. The van der Waals surface area contributed by atoms with Gasteiger partial charge in [0.15, 0.2) is 0 Å². The van der Waals surface area contributed by atoms with E-state index in [9.17, 15) is 4.79 Å². The largest absolute Gasteiger partial charge is 0.338 e. The second-order valence-electron chi connectivity index (χ2n) is 5.35. The summed E-state index contributed by atoms with van der Waals surface area (Å²) in [4.78, 5) is 14.3. The summed E-state index contributed by atoms with van der Waals surface area (Å²) < 4.78 is 2.70. The van der Waals surface area contributed by atoms with Crippen LogP contribution in [-0.4, -0.2) is 33.7 Å². The molecule has 6 heteroatoms. The van der Waals surface area contributed by atoms with Gasteiger partial charge in [-0.05, 0) is 37.1 Å². The van der Waals surface area contributed by atoms with Crippen LogP contribution in [0.3, 0.4) is 0 Å². The van der Waals surface area contributed by atoms with E-state index in [2.05, 4.69) is 27.1 Å². The first-order valence-electron chi connectivity index (χ1n) is 7.17. The van der Waals surface area contributed by atoms with Crippen molar-refractivity contribution in [3.8, 4) is 11.8 Å². The van der Waals surface area contributed by atoms with Crippen LogP contribution >= 0.6 is 15.9 Å². The van der Waals surface area contributed by atoms with Gasteiger partial charge in [0.1, 0.15) is 0 Å². The number of amides is 1. The SMILES string of the molecule is N#CC1CCN(C(=O)c2cnn(-c3ccc(Br)cc3)c2)CC1. The number of nitriles is 1. The molecule has 1 fully saturated rings. The molecular formula is C16H15BrN4O. The Hall–Kier alpha value is -2.13. The minimum atomic E-state index is -0.0141. The van der Waals surface area contributed by atoms with Crippen molar-refractivity contribution >= 4 is 21.8 Å². The van der Waals surface area contributed by atoms with E-state index in [1.165, 1.54) is 0 Å². The predicted octanol–water partition coefficient (Wildman–Crippen LogP) is 3.01. The summed E-state index contributed by atoms with van der Waals surface area (Å²) in [5, 5.41) is 13.2. The zero-order chi connectivity index (χ0) is 15.5. The highest BCUT2D eigenvalue weighted by Crippen LogP contribution is 2.19. The van der Waals surface area contributed by atoms with Crippen molar-refractivity contribution in [1.29, 1.82) is 5.26 Å². The van der Waals surface area contributed by atoms with Gasteiger partial charge < -0.3 is 4.90 Å². The molecule has 0 spiro atoms. The van der Waals surface area contributed by atoms with Crippen molar-refractivity contribution < 1.29 is 4.79 Å². The summed E-state index contributed by atoms with van der Waals surface area (Å²) in [5.41, 5.74) is 1.49. The molecule has 0 aliphatic carbocycles. The highest BCUT2D eigenvalue weighted by Gasteiger charge is 2.24. The third kappa shape index (κ3) is 3.04. The first-order chi connectivity index (χ1) is 10.7. The molecule has 112 valence electrons. The second kappa shape index (κ2) is 6.32. The number of aromatic nitrogens is 2. The Kier molecular flexibility index (Phi) is 4.25. The molecule has 1 saturated heterocycles. The summed E-state index contributed by atoms with van der Waals surface area (Å²) in [6.45, 7) is 1.28. The molecule has 2 aromatic rings. The summed E-state index contributed by atoms with van der Waals surface area (Å²) in [6, 6.07) is 10.0. The molecule has 1 amide bonds. The Labute approximate surface area is 137 Å². The van der Waals surface area contributed by atoms with Crippen LogP contribution < -0.4 is 0 Å². The molecule has 1 aromatic carbocycles. The lowest BCUT2D eigenvalue weighted by Gasteiger charge is -2.28. The Bertz CT molecular complexity index is 708. The minimum absolute atomic E-state index is 0.0141. The molecule has 3 rings (SSSR count). The van der Waals surface area contributed by atoms with Crippen LogP contribution in [0.2, 0.25) is 0 Å². The minimum Gasteiger partial charge on any atom is -0.338 e. The number of halogens is 1. The van der Waals surface area contributed by atoms with Crippen LogP contribution in [0.1, 0.15) is 23.2 Å². The molecule has 22 heavy (non-hydrogen) atoms. The number of likely N-dealkylation sites (tertiary alicyclic amines) is 1. The second-order valence-corrected chi connectivity index (χ2v) is 6.26. The normalized spacial score (nSPS) is 15.5. The quantitative estimate of drug-likeness (QED) is 0.828. The third-order valence-electron chi connectivity index (χ3n) is 3.89. The first kappa shape index (κ1) is 14.8. The number of carbonyl (C=O) groups is 1. The monoisotopic (exact) mass is 358 g/mol. The van der Waals surface area contributed by atoms with Gasteiger partial charge in [-0.25, -0.2) is 4.68 Å². The molecule has 1 aromatic heterocycles. The zero-order valence-electron chi connectivity index (χ0n) is 11.9. The summed E-state index contributed by atoms with van der Waals surface area (Å²) in [5.74, 6) is 0.0642. The van der Waals surface area contributed by atoms with E-state index in [1.807, 2.05) is 24.3 Å². The number of carbonyl (C=O) groups excluding carboxylic acids is 1. The lowest BCUT2D eigenvalue weighted by atomic mass is 9.98. The Morgan fingerprint density at radius 3 is 2.59 bits per heavy atom. The van der Waals surface area contributed by atoms with E-state index in [-0.39, 0.29) is 11.8 Å². The molecule has 1 aliphatic heterocycles. The molecule has 0 atom stereocenters. The van der Waals surface area contributed by atoms with Crippen LogP contribution in [0.15, 0.2) is 41.1 Å². The van der Waals surface area contributed by atoms with Gasteiger partial charge in [-0.15, -0.1) is 0 Å². The van der Waals surface area contributed by atoms with Crippen molar-refractivity contribution in [2.24, 2.45) is 5.92 Å². The number of piperidine rings is 1. The van der Waals surface area contributed by atoms with Crippen molar-refractivity contribution in [3.05, 3.63) is 46.7 Å². The molecule has 0 radical (unpaired) electrons. The van der Waals surface area contributed by atoms with Gasteiger partial charge >= 0.3 is 0 Å². The number of rotatable bonds is 2. The van der Waals surface area contributed by atoms with Crippen LogP contribution in [0, 0.1) is 17.2 Å². The molecule has 0 saturated carbocycles. The smallest absolute Gasteiger partial charge is 0.257 e. The van der Waals surface area contributed by atoms with Gasteiger partial charge in [-0.1, -0.05) is 15.9 Å². The zero-order valence-corrected chi connectivity index (χ0v) is 13.5. The Morgan fingerprint density at radius 2 is 1.95 bits per heavy atom. The number of hydrogen-bond acceptors (Lipinski definition) is 3. The third-order valence-corrected chi connectivity index (χ3v) is 4.41.